The number of nitrogens with one attached hydrogen (secondary N) is 1. The number of anilines is 1. The van der Waals surface area contributed by atoms with Gasteiger partial charge in [0, 0.05) is 6.08 Å². The van der Waals surface area contributed by atoms with Crippen molar-refractivity contribution in [3.63, 3.8) is 0 Å². The minimum absolute atomic E-state index is 0.0809. The highest BCUT2D eigenvalue weighted by molar-refractivity contribution is 6.06. The monoisotopic (exact) mass is 339 g/mol. The molecule has 0 saturated heterocycles. The van der Waals surface area contributed by atoms with Crippen molar-refractivity contribution in [2.24, 2.45) is 0 Å². The first-order valence-electron chi connectivity index (χ1n) is 7.92. The summed E-state index contributed by atoms with van der Waals surface area (Å²) in [4.78, 5) is 23.8. The van der Waals surface area contributed by atoms with Gasteiger partial charge in [-0.15, -0.1) is 0 Å². The maximum atomic E-state index is 12.1. The van der Waals surface area contributed by atoms with Gasteiger partial charge in [-0.3, -0.25) is 4.79 Å². The fraction of sp³-hybridized carbons (Fsp3) is 0.200. The van der Waals surface area contributed by atoms with E-state index in [1.165, 1.54) is 13.2 Å². The Morgan fingerprint density at radius 1 is 1.08 bits per heavy atom. The molecule has 5 nitrogen and oxygen atoms in total. The molecule has 2 aromatic carbocycles. The van der Waals surface area contributed by atoms with Gasteiger partial charge in [-0.1, -0.05) is 24.3 Å². The van der Waals surface area contributed by atoms with Gasteiger partial charge < -0.3 is 14.8 Å². The molecule has 2 aromatic rings. The molecule has 1 N–H and O–H groups in total. The summed E-state index contributed by atoms with van der Waals surface area (Å²) in [6.07, 6.45) is 3.17. The average molecular weight is 339 g/mol. The Morgan fingerprint density at radius 2 is 1.84 bits per heavy atom. The summed E-state index contributed by atoms with van der Waals surface area (Å²) in [7, 11) is 1.30. The third-order valence-electron chi connectivity index (χ3n) is 3.25. The number of para-hydroxylation sites is 1. The highest BCUT2D eigenvalue weighted by Gasteiger charge is 2.12. The van der Waals surface area contributed by atoms with Crippen LogP contribution in [0, 0.1) is 0 Å². The number of amides is 1. The molecule has 2 rings (SSSR count). The van der Waals surface area contributed by atoms with E-state index < -0.39 is 5.97 Å². The SMILES string of the molecule is COC(=O)c1ccccc1NC(=O)/C=C/c1cccc(OC(C)C)c1. The molecule has 0 unspecified atom stereocenters. The average Bonchev–Trinajstić information content (AvgIpc) is 2.59. The van der Waals surface area contributed by atoms with Crippen LogP contribution in [0.2, 0.25) is 0 Å². The molecule has 0 aliphatic rings. The first-order chi connectivity index (χ1) is 12.0. The van der Waals surface area contributed by atoms with Gasteiger partial charge in [0.1, 0.15) is 5.75 Å². The van der Waals surface area contributed by atoms with Gasteiger partial charge >= 0.3 is 5.97 Å². The largest absolute Gasteiger partial charge is 0.491 e. The normalized spacial score (nSPS) is 10.7. The summed E-state index contributed by atoms with van der Waals surface area (Å²) >= 11 is 0. The number of benzene rings is 2. The molecule has 0 aliphatic heterocycles. The molecule has 0 atom stereocenters. The lowest BCUT2D eigenvalue weighted by Crippen LogP contribution is -2.12. The second-order valence-electron chi connectivity index (χ2n) is 5.60. The van der Waals surface area contributed by atoms with Crippen LogP contribution < -0.4 is 10.1 Å². The van der Waals surface area contributed by atoms with Gasteiger partial charge in [0.25, 0.3) is 0 Å². The van der Waals surface area contributed by atoms with Gasteiger partial charge in [-0.25, -0.2) is 4.79 Å². The van der Waals surface area contributed by atoms with Crippen molar-refractivity contribution in [1.29, 1.82) is 0 Å². The lowest BCUT2D eigenvalue weighted by atomic mass is 10.1. The molecule has 0 aliphatic carbocycles. The van der Waals surface area contributed by atoms with E-state index in [1.54, 1.807) is 30.3 Å². The summed E-state index contributed by atoms with van der Waals surface area (Å²) in [5.74, 6) is -0.0986. The van der Waals surface area contributed by atoms with Crippen molar-refractivity contribution in [2.45, 2.75) is 20.0 Å². The van der Waals surface area contributed by atoms with E-state index in [0.717, 1.165) is 11.3 Å². The summed E-state index contributed by atoms with van der Waals surface area (Å²) in [5.41, 5.74) is 1.55. The first kappa shape index (κ1) is 18.3. The van der Waals surface area contributed by atoms with E-state index in [1.807, 2.05) is 38.1 Å². The molecule has 0 heterocycles. The van der Waals surface area contributed by atoms with Gasteiger partial charge in [0.15, 0.2) is 0 Å². The van der Waals surface area contributed by atoms with Crippen LogP contribution in [0.4, 0.5) is 5.69 Å². The van der Waals surface area contributed by atoms with Crippen LogP contribution in [0.5, 0.6) is 5.75 Å². The number of hydrogen-bond acceptors (Lipinski definition) is 4. The zero-order chi connectivity index (χ0) is 18.2. The number of methoxy groups -OCH3 is 1. The van der Waals surface area contributed by atoms with Crippen molar-refractivity contribution in [1.82, 2.24) is 0 Å². The molecule has 0 aromatic heterocycles. The van der Waals surface area contributed by atoms with Crippen molar-refractivity contribution >= 4 is 23.6 Å². The highest BCUT2D eigenvalue weighted by Crippen LogP contribution is 2.17. The number of hydrogen-bond donors (Lipinski definition) is 1. The summed E-state index contributed by atoms with van der Waals surface area (Å²) < 4.78 is 10.3. The second kappa shape index (κ2) is 8.68. The standard InChI is InChI=1S/C20H21NO4/c1-14(2)25-16-8-6-7-15(13-16)11-12-19(22)21-18-10-5-4-9-17(18)20(23)24-3/h4-14H,1-3H3,(H,21,22)/b12-11+. The highest BCUT2D eigenvalue weighted by atomic mass is 16.5. The molecule has 5 heteroatoms. The molecular formula is C20H21NO4. The maximum Gasteiger partial charge on any atom is 0.339 e. The number of carbonyl (C=O) groups excluding carboxylic acids is 2. The molecule has 1 amide bonds. The van der Waals surface area contributed by atoms with E-state index in [4.69, 9.17) is 9.47 Å². The van der Waals surface area contributed by atoms with Gasteiger partial charge in [-0.2, -0.15) is 0 Å². The quantitative estimate of drug-likeness (QED) is 0.640. The molecule has 0 spiro atoms. The number of carbonyl (C=O) groups is 2. The van der Waals surface area contributed by atoms with Crippen LogP contribution in [-0.2, 0) is 9.53 Å². The first-order valence-corrected chi connectivity index (χ1v) is 7.92. The third kappa shape index (κ3) is 5.49. The Bertz CT molecular complexity index is 781. The van der Waals surface area contributed by atoms with Crippen LogP contribution in [0.25, 0.3) is 6.08 Å². The fourth-order valence-electron chi connectivity index (χ4n) is 2.19. The van der Waals surface area contributed by atoms with Crippen LogP contribution in [0.3, 0.4) is 0 Å². The predicted molar refractivity (Wildman–Crippen MR) is 97.7 cm³/mol. The second-order valence-corrected chi connectivity index (χ2v) is 5.60. The van der Waals surface area contributed by atoms with Crippen LogP contribution in [0.1, 0.15) is 29.8 Å². The van der Waals surface area contributed by atoms with Crippen LogP contribution in [0.15, 0.2) is 54.6 Å². The minimum Gasteiger partial charge on any atom is -0.491 e. The van der Waals surface area contributed by atoms with E-state index >= 15 is 0 Å². The molecule has 0 radical (unpaired) electrons. The predicted octanol–water partition coefficient (Wildman–Crippen LogP) is 3.91. The summed E-state index contributed by atoms with van der Waals surface area (Å²) in [6.45, 7) is 3.91. The van der Waals surface area contributed by atoms with Gasteiger partial charge in [0.2, 0.25) is 5.91 Å². The lowest BCUT2D eigenvalue weighted by molar-refractivity contribution is -0.111. The minimum atomic E-state index is -0.501. The Balaban J connectivity index is 2.08. The Kier molecular flexibility index (Phi) is 6.34. The van der Waals surface area contributed by atoms with E-state index in [2.05, 4.69) is 5.32 Å². The zero-order valence-electron chi connectivity index (χ0n) is 14.5. The topological polar surface area (TPSA) is 64.6 Å². The van der Waals surface area contributed by atoms with Crippen LogP contribution >= 0.6 is 0 Å². The van der Waals surface area contributed by atoms with Gasteiger partial charge in [0.05, 0.1) is 24.5 Å². The fourth-order valence-corrected chi connectivity index (χ4v) is 2.19. The van der Waals surface area contributed by atoms with Crippen molar-refractivity contribution in [3.8, 4) is 5.75 Å². The molecule has 0 saturated carbocycles. The molecule has 0 fully saturated rings. The molecule has 0 bridgehead atoms. The Hall–Kier alpha value is -3.08. The summed E-state index contributed by atoms with van der Waals surface area (Å²) in [6, 6.07) is 14.1. The number of esters is 1. The Labute approximate surface area is 147 Å². The molecule has 130 valence electrons. The van der Waals surface area contributed by atoms with Crippen molar-refractivity contribution < 1.29 is 19.1 Å². The third-order valence-corrected chi connectivity index (χ3v) is 3.25. The van der Waals surface area contributed by atoms with E-state index in [9.17, 15) is 9.59 Å². The Morgan fingerprint density at radius 3 is 2.56 bits per heavy atom. The van der Waals surface area contributed by atoms with Gasteiger partial charge in [-0.05, 0) is 49.8 Å². The molecular weight excluding hydrogens is 318 g/mol. The number of rotatable bonds is 6. The van der Waals surface area contributed by atoms with Crippen molar-refractivity contribution in [3.05, 3.63) is 65.7 Å². The molecule has 25 heavy (non-hydrogen) atoms. The summed E-state index contributed by atoms with van der Waals surface area (Å²) in [5, 5.41) is 2.69. The maximum absolute atomic E-state index is 12.1. The van der Waals surface area contributed by atoms with Crippen LogP contribution in [-0.4, -0.2) is 25.1 Å². The number of ether oxygens (including phenoxy) is 2. The van der Waals surface area contributed by atoms with Crippen molar-refractivity contribution in [2.75, 3.05) is 12.4 Å². The zero-order valence-corrected chi connectivity index (χ0v) is 14.5. The lowest BCUT2D eigenvalue weighted by Gasteiger charge is -2.10. The van der Waals surface area contributed by atoms with E-state index in [-0.39, 0.29) is 12.0 Å². The smallest absolute Gasteiger partial charge is 0.339 e. The van der Waals surface area contributed by atoms with E-state index in [0.29, 0.717) is 11.3 Å².